The van der Waals surface area contributed by atoms with Gasteiger partial charge in [-0.1, -0.05) is 48.5 Å². The molecule has 45 heavy (non-hydrogen) atoms. The van der Waals surface area contributed by atoms with E-state index in [1.807, 2.05) is 45.4 Å². The quantitative estimate of drug-likeness (QED) is 0.219. The van der Waals surface area contributed by atoms with E-state index in [0.29, 0.717) is 25.3 Å². The molecule has 1 unspecified atom stereocenters. The zero-order valence-corrected chi connectivity index (χ0v) is 27.7. The Morgan fingerprint density at radius 2 is 1.84 bits per heavy atom. The van der Waals surface area contributed by atoms with Crippen LogP contribution in [0.25, 0.3) is 11.0 Å². The Labute approximate surface area is 265 Å². The monoisotopic (exact) mass is 633 g/mol. The fourth-order valence-electron chi connectivity index (χ4n) is 5.73. The highest BCUT2D eigenvalue weighted by atomic mass is 32.2. The van der Waals surface area contributed by atoms with Crippen molar-refractivity contribution in [2.45, 2.75) is 90.0 Å². The predicted octanol–water partition coefficient (Wildman–Crippen LogP) is 6.17. The third-order valence-electron chi connectivity index (χ3n) is 7.94. The largest absolute Gasteiger partial charge is 0.488 e. The molecular weight excluding hydrogens is 590 g/mol. The van der Waals surface area contributed by atoms with Gasteiger partial charge in [0.15, 0.2) is 0 Å². The summed E-state index contributed by atoms with van der Waals surface area (Å²) in [6.45, 7) is 13.2. The Bertz CT molecular complexity index is 1780. The van der Waals surface area contributed by atoms with Gasteiger partial charge in [0.2, 0.25) is 10.0 Å². The number of hydrogen-bond acceptors (Lipinski definition) is 7. The van der Waals surface area contributed by atoms with E-state index in [9.17, 15) is 13.2 Å². The number of rotatable bonds is 9. The molecule has 0 radical (unpaired) electrons. The van der Waals surface area contributed by atoms with Gasteiger partial charge in [0.25, 0.3) is 0 Å². The highest BCUT2D eigenvalue weighted by Gasteiger charge is 2.33. The van der Waals surface area contributed by atoms with Gasteiger partial charge in [0.1, 0.15) is 27.9 Å². The van der Waals surface area contributed by atoms with Crippen molar-refractivity contribution in [1.82, 2.24) is 24.6 Å². The minimum Gasteiger partial charge on any atom is -0.488 e. The lowest BCUT2D eigenvalue weighted by molar-refractivity contribution is 0.0526. The van der Waals surface area contributed by atoms with E-state index >= 15 is 0 Å². The topological polar surface area (TPSA) is 116 Å². The maximum Gasteiger partial charge on any atom is 0.407 e. The second-order valence-corrected chi connectivity index (χ2v) is 14.6. The summed E-state index contributed by atoms with van der Waals surface area (Å²) < 4.78 is 42.0. The Kier molecular flexibility index (Phi) is 9.50. The van der Waals surface area contributed by atoms with Crippen molar-refractivity contribution >= 4 is 27.1 Å². The third kappa shape index (κ3) is 7.48. The number of aryl methyl sites for hydroxylation is 2. The van der Waals surface area contributed by atoms with Gasteiger partial charge < -0.3 is 14.8 Å². The number of aromatic nitrogens is 3. The van der Waals surface area contributed by atoms with Gasteiger partial charge in [-0.3, -0.25) is 0 Å². The van der Waals surface area contributed by atoms with Gasteiger partial charge in [0.05, 0.1) is 12.1 Å². The first kappa shape index (κ1) is 32.4. The molecule has 0 bridgehead atoms. The van der Waals surface area contributed by atoms with Gasteiger partial charge in [-0.2, -0.15) is 4.31 Å². The molecule has 1 aromatic heterocycles. The van der Waals surface area contributed by atoms with Crippen LogP contribution >= 0.6 is 0 Å². The minimum absolute atomic E-state index is 0.0978. The number of para-hydroxylation sites is 1. The fraction of sp³-hybridized carbons (Fsp3) is 0.441. The molecule has 240 valence electrons. The number of ether oxygens (including phenoxy) is 2. The molecule has 2 atom stereocenters. The molecule has 1 amide bonds. The smallest absolute Gasteiger partial charge is 0.407 e. The van der Waals surface area contributed by atoms with Gasteiger partial charge in [-0.25, -0.2) is 17.9 Å². The molecule has 0 spiro atoms. The van der Waals surface area contributed by atoms with Crippen LogP contribution in [0.5, 0.6) is 5.75 Å². The molecular formula is C34H43N5O5S. The number of fused-ring (bicyclic) bond motifs is 2. The van der Waals surface area contributed by atoms with Crippen molar-refractivity contribution in [2.75, 3.05) is 13.1 Å². The van der Waals surface area contributed by atoms with E-state index in [-0.39, 0.29) is 30.0 Å². The van der Waals surface area contributed by atoms with Crippen LogP contribution in [-0.4, -0.2) is 58.6 Å². The molecule has 1 aliphatic rings. The van der Waals surface area contributed by atoms with E-state index < -0.39 is 21.7 Å². The second kappa shape index (κ2) is 13.2. The maximum absolute atomic E-state index is 13.7. The highest BCUT2D eigenvalue weighted by Crippen LogP contribution is 2.34. The first-order valence-electron chi connectivity index (χ1n) is 15.5. The summed E-state index contributed by atoms with van der Waals surface area (Å²) in [7, 11) is -3.74. The van der Waals surface area contributed by atoms with Crippen molar-refractivity contribution in [2.24, 2.45) is 0 Å². The predicted molar refractivity (Wildman–Crippen MR) is 174 cm³/mol. The van der Waals surface area contributed by atoms with Crippen molar-refractivity contribution in [3.05, 3.63) is 82.9 Å². The van der Waals surface area contributed by atoms with Crippen LogP contribution in [0.15, 0.2) is 65.6 Å². The molecule has 3 aromatic carbocycles. The summed E-state index contributed by atoms with van der Waals surface area (Å²) in [5.41, 5.74) is 5.45. The SMILES string of the molecule is CCC(c1ccc(C)c(CN2C[C@@H](C)Oc3ccccc3S2(=O)=O)c1)c1ccc2c(c1)nnn2CCCNC(=O)OC(C)(C)C. The first-order valence-corrected chi connectivity index (χ1v) is 16.9. The van der Waals surface area contributed by atoms with Gasteiger partial charge in [-0.05, 0) is 94.0 Å². The van der Waals surface area contributed by atoms with Crippen molar-refractivity contribution < 1.29 is 22.7 Å². The van der Waals surface area contributed by atoms with E-state index in [1.54, 1.807) is 24.3 Å². The molecule has 2 heterocycles. The normalized spacial score (nSPS) is 17.2. The average Bonchev–Trinajstić information content (AvgIpc) is 3.34. The minimum atomic E-state index is -3.74. The summed E-state index contributed by atoms with van der Waals surface area (Å²) in [4.78, 5) is 12.1. The van der Waals surface area contributed by atoms with E-state index in [2.05, 4.69) is 52.9 Å². The van der Waals surface area contributed by atoms with Gasteiger partial charge >= 0.3 is 6.09 Å². The molecule has 4 aromatic rings. The number of nitrogens with one attached hydrogen (secondary N) is 1. The lowest BCUT2D eigenvalue weighted by Gasteiger charge is -2.24. The summed E-state index contributed by atoms with van der Waals surface area (Å²) in [5.74, 6) is 0.495. The number of benzene rings is 3. The Hall–Kier alpha value is -3.96. The fourth-order valence-corrected chi connectivity index (χ4v) is 7.34. The lowest BCUT2D eigenvalue weighted by Crippen LogP contribution is -2.35. The lowest BCUT2D eigenvalue weighted by atomic mass is 9.87. The molecule has 0 saturated heterocycles. The van der Waals surface area contributed by atoms with Crippen LogP contribution in [0.1, 0.15) is 75.6 Å². The molecule has 0 fully saturated rings. The van der Waals surface area contributed by atoms with Crippen LogP contribution in [0.3, 0.4) is 0 Å². The molecule has 0 saturated carbocycles. The maximum atomic E-state index is 13.7. The zero-order valence-electron chi connectivity index (χ0n) is 26.9. The van der Waals surface area contributed by atoms with Gasteiger partial charge in [-0.15, -0.1) is 5.10 Å². The molecule has 10 nitrogen and oxygen atoms in total. The molecule has 5 rings (SSSR count). The number of nitrogens with zero attached hydrogens (tertiary/aromatic N) is 4. The van der Waals surface area contributed by atoms with Crippen molar-refractivity contribution in [3.8, 4) is 5.75 Å². The standard InChI is InChI=1S/C34H43N5O5S/c1-7-28(26-15-16-30-29(20-26)36-37-39(30)18-10-17-35-33(40)44-34(4,5)6)25-14-13-23(2)27(19-25)22-38-21-24(3)43-31-11-8-9-12-32(31)45(38,41)42/h8-9,11-16,19-20,24,28H,7,10,17-18,21-22H2,1-6H3,(H,35,40)/t24-,28?/m1/s1. The summed E-state index contributed by atoms with van der Waals surface area (Å²) in [5, 5.41) is 11.6. The Morgan fingerprint density at radius 1 is 1.11 bits per heavy atom. The van der Waals surface area contributed by atoms with Crippen LogP contribution < -0.4 is 10.1 Å². The number of hydrogen-bond donors (Lipinski definition) is 1. The third-order valence-corrected chi connectivity index (χ3v) is 9.79. The first-order chi connectivity index (χ1) is 21.4. The van der Waals surface area contributed by atoms with E-state index in [4.69, 9.17) is 9.47 Å². The van der Waals surface area contributed by atoms with E-state index in [1.165, 1.54) is 4.31 Å². The number of carbonyl (C=O) groups excluding carboxylic acids is 1. The highest BCUT2D eigenvalue weighted by molar-refractivity contribution is 7.89. The van der Waals surface area contributed by atoms with Crippen LogP contribution in [-0.2, 0) is 27.8 Å². The summed E-state index contributed by atoms with van der Waals surface area (Å²) >= 11 is 0. The number of sulfonamides is 1. The molecule has 11 heteroatoms. The van der Waals surface area contributed by atoms with Crippen LogP contribution in [0, 0.1) is 6.92 Å². The zero-order chi connectivity index (χ0) is 32.4. The molecule has 1 N–H and O–H groups in total. The molecule has 0 aliphatic carbocycles. The van der Waals surface area contributed by atoms with Crippen LogP contribution in [0.2, 0.25) is 0 Å². The van der Waals surface area contributed by atoms with Crippen molar-refractivity contribution in [3.63, 3.8) is 0 Å². The van der Waals surface area contributed by atoms with Gasteiger partial charge in [0, 0.05) is 25.6 Å². The number of alkyl carbamates (subject to hydrolysis) is 1. The molecule has 1 aliphatic heterocycles. The number of amides is 1. The van der Waals surface area contributed by atoms with Crippen LogP contribution in [0.4, 0.5) is 4.79 Å². The van der Waals surface area contributed by atoms with Crippen molar-refractivity contribution in [1.29, 1.82) is 0 Å². The Balaban J connectivity index is 1.32. The summed E-state index contributed by atoms with van der Waals surface area (Å²) in [6.07, 6.45) is 0.838. The number of carbonyl (C=O) groups is 1. The average molecular weight is 634 g/mol. The van der Waals surface area contributed by atoms with E-state index in [0.717, 1.165) is 39.7 Å². The second-order valence-electron chi connectivity index (χ2n) is 12.7. The summed E-state index contributed by atoms with van der Waals surface area (Å²) in [6, 6.07) is 19.4. The Morgan fingerprint density at radius 3 is 2.60 bits per heavy atom.